The van der Waals surface area contributed by atoms with Crippen LogP contribution in [-0.2, 0) is 14.8 Å². The third-order valence-corrected chi connectivity index (χ3v) is 4.61. The smallest absolute Gasteiger partial charge is 0.269 e. The highest BCUT2D eigenvalue weighted by Gasteiger charge is 2.19. The number of carbonyl (C=O) groups excluding carboxylic acids is 1. The van der Waals surface area contributed by atoms with Gasteiger partial charge in [0.15, 0.2) is 0 Å². The van der Waals surface area contributed by atoms with Crippen molar-refractivity contribution < 1.29 is 13.2 Å². The molecule has 1 rings (SSSR count). The van der Waals surface area contributed by atoms with Crippen LogP contribution in [0, 0.1) is 0 Å². The zero-order valence-corrected chi connectivity index (χ0v) is 12.4. The molecule has 0 bridgehead atoms. The van der Waals surface area contributed by atoms with Gasteiger partial charge in [-0.1, -0.05) is 18.3 Å². The molecule has 1 amide bonds. The molecule has 0 saturated heterocycles. The van der Waals surface area contributed by atoms with Crippen LogP contribution in [0.4, 0.5) is 5.13 Å². The lowest BCUT2D eigenvalue weighted by atomic mass is 10.5. The second kappa shape index (κ2) is 7.48. The lowest BCUT2D eigenvalue weighted by Crippen LogP contribution is -2.32. The lowest BCUT2D eigenvalue weighted by molar-refractivity contribution is -0.114. The van der Waals surface area contributed by atoms with Crippen LogP contribution in [0.15, 0.2) is 4.34 Å². The monoisotopic (exact) mass is 307 g/mol. The molecule has 0 aliphatic heterocycles. The number of amides is 1. The summed E-state index contributed by atoms with van der Waals surface area (Å²) in [6, 6.07) is 0. The van der Waals surface area contributed by atoms with E-state index in [-0.39, 0.29) is 21.9 Å². The average molecular weight is 307 g/mol. The summed E-state index contributed by atoms with van der Waals surface area (Å²) in [5, 5.41) is 12.7. The van der Waals surface area contributed by atoms with Gasteiger partial charge < -0.3 is 10.6 Å². The van der Waals surface area contributed by atoms with Crippen LogP contribution in [0.2, 0.25) is 0 Å². The van der Waals surface area contributed by atoms with E-state index in [1.54, 1.807) is 0 Å². The first kappa shape index (κ1) is 16.0. The largest absolute Gasteiger partial charge is 0.315 e. The molecule has 0 saturated carbocycles. The molecule has 1 aromatic heterocycles. The summed E-state index contributed by atoms with van der Waals surface area (Å²) < 4.78 is 25.9. The van der Waals surface area contributed by atoms with Crippen LogP contribution in [0.5, 0.6) is 0 Å². The molecule has 19 heavy (non-hydrogen) atoms. The molecule has 0 aliphatic rings. The van der Waals surface area contributed by atoms with Crippen LogP contribution in [0.1, 0.15) is 20.3 Å². The first-order valence-corrected chi connectivity index (χ1v) is 8.07. The van der Waals surface area contributed by atoms with Crippen molar-refractivity contribution in [1.82, 2.24) is 20.2 Å². The van der Waals surface area contributed by atoms with Crippen LogP contribution in [-0.4, -0.2) is 44.2 Å². The highest BCUT2D eigenvalue weighted by Crippen LogP contribution is 2.19. The second-order valence-electron chi connectivity index (χ2n) is 3.70. The molecule has 3 N–H and O–H groups in total. The summed E-state index contributed by atoms with van der Waals surface area (Å²) >= 11 is 0.811. The SMILES string of the molecule is CCCNCCNS(=O)(=O)c1nnc(NC(C)=O)s1. The molecule has 10 heteroatoms. The fourth-order valence-electron chi connectivity index (χ4n) is 1.16. The Kier molecular flexibility index (Phi) is 6.28. The third kappa shape index (κ3) is 5.59. The molecule has 8 nitrogen and oxygen atoms in total. The topological polar surface area (TPSA) is 113 Å². The molecule has 0 aliphatic carbocycles. The van der Waals surface area contributed by atoms with Crippen molar-refractivity contribution >= 4 is 32.4 Å². The fourth-order valence-corrected chi connectivity index (χ4v) is 3.18. The van der Waals surface area contributed by atoms with Crippen LogP contribution in [0.25, 0.3) is 0 Å². The quantitative estimate of drug-likeness (QED) is 0.452. The van der Waals surface area contributed by atoms with Gasteiger partial charge in [-0.2, -0.15) is 0 Å². The zero-order valence-electron chi connectivity index (χ0n) is 10.8. The van der Waals surface area contributed by atoms with Crippen molar-refractivity contribution in [1.29, 1.82) is 0 Å². The van der Waals surface area contributed by atoms with E-state index in [1.165, 1.54) is 6.92 Å². The van der Waals surface area contributed by atoms with Gasteiger partial charge in [-0.15, -0.1) is 10.2 Å². The van der Waals surface area contributed by atoms with Gasteiger partial charge in [-0.25, -0.2) is 13.1 Å². The molecule has 0 unspecified atom stereocenters. The van der Waals surface area contributed by atoms with E-state index in [2.05, 4.69) is 25.6 Å². The van der Waals surface area contributed by atoms with Gasteiger partial charge >= 0.3 is 0 Å². The second-order valence-corrected chi connectivity index (χ2v) is 6.62. The maximum Gasteiger partial charge on any atom is 0.269 e. The Labute approximate surface area is 116 Å². The number of hydrogen-bond acceptors (Lipinski definition) is 7. The molecule has 0 radical (unpaired) electrons. The first-order chi connectivity index (χ1) is 8.95. The summed E-state index contributed by atoms with van der Waals surface area (Å²) in [6.07, 6.45) is 0.989. The van der Waals surface area contributed by atoms with Gasteiger partial charge in [0, 0.05) is 20.0 Å². The van der Waals surface area contributed by atoms with E-state index in [0.717, 1.165) is 24.3 Å². The number of sulfonamides is 1. The average Bonchev–Trinajstić information content (AvgIpc) is 2.77. The Morgan fingerprint density at radius 2 is 2.00 bits per heavy atom. The molecular formula is C9H17N5O3S2. The van der Waals surface area contributed by atoms with Crippen molar-refractivity contribution in [2.24, 2.45) is 0 Å². The first-order valence-electron chi connectivity index (χ1n) is 5.77. The predicted octanol–water partition coefficient (Wildman–Crippen LogP) is -0.226. The summed E-state index contributed by atoms with van der Waals surface area (Å²) in [5.41, 5.74) is 0. The highest BCUT2D eigenvalue weighted by molar-refractivity contribution is 7.91. The van der Waals surface area contributed by atoms with Crippen LogP contribution >= 0.6 is 11.3 Å². The van der Waals surface area contributed by atoms with Gasteiger partial charge in [-0.3, -0.25) is 4.79 Å². The minimum atomic E-state index is -3.66. The Bertz CT molecular complexity index is 514. The van der Waals surface area contributed by atoms with Gasteiger partial charge in [0.2, 0.25) is 15.4 Å². The van der Waals surface area contributed by atoms with Crippen molar-refractivity contribution in [3.63, 3.8) is 0 Å². The molecule has 0 atom stereocenters. The fraction of sp³-hybridized carbons (Fsp3) is 0.667. The Morgan fingerprint density at radius 3 is 2.63 bits per heavy atom. The molecule has 1 heterocycles. The van der Waals surface area contributed by atoms with Crippen LogP contribution in [0.3, 0.4) is 0 Å². The van der Waals surface area contributed by atoms with Gasteiger partial charge in [0.25, 0.3) is 10.0 Å². The maximum absolute atomic E-state index is 11.8. The summed E-state index contributed by atoms with van der Waals surface area (Å²) in [4.78, 5) is 10.8. The van der Waals surface area contributed by atoms with E-state index >= 15 is 0 Å². The Hall–Kier alpha value is -1.10. The lowest BCUT2D eigenvalue weighted by Gasteiger charge is -2.04. The van der Waals surface area contributed by atoms with E-state index < -0.39 is 10.0 Å². The van der Waals surface area contributed by atoms with Gasteiger partial charge in [0.05, 0.1) is 0 Å². The van der Waals surface area contributed by atoms with E-state index in [4.69, 9.17) is 0 Å². The number of aromatic nitrogens is 2. The van der Waals surface area contributed by atoms with Gasteiger partial charge in [0.1, 0.15) is 0 Å². The Morgan fingerprint density at radius 1 is 1.26 bits per heavy atom. The minimum Gasteiger partial charge on any atom is -0.315 e. The minimum absolute atomic E-state index is 0.160. The summed E-state index contributed by atoms with van der Waals surface area (Å²) in [5.74, 6) is -0.322. The van der Waals surface area contributed by atoms with Crippen LogP contribution < -0.4 is 15.4 Å². The van der Waals surface area contributed by atoms with Crippen molar-refractivity contribution in [3.8, 4) is 0 Å². The van der Waals surface area contributed by atoms with Gasteiger partial charge in [-0.05, 0) is 13.0 Å². The maximum atomic E-state index is 11.8. The molecule has 0 aromatic carbocycles. The Balaban J connectivity index is 2.52. The van der Waals surface area contributed by atoms with E-state index in [1.807, 2.05) is 6.92 Å². The van der Waals surface area contributed by atoms with Crippen molar-refractivity contribution in [2.45, 2.75) is 24.6 Å². The molecular weight excluding hydrogens is 290 g/mol. The molecule has 0 spiro atoms. The number of hydrogen-bond donors (Lipinski definition) is 3. The normalized spacial score (nSPS) is 11.5. The van der Waals surface area contributed by atoms with Crippen molar-refractivity contribution in [3.05, 3.63) is 0 Å². The number of nitrogens with one attached hydrogen (secondary N) is 3. The number of carbonyl (C=O) groups is 1. The zero-order chi connectivity index (χ0) is 14.3. The standard InChI is InChI=1S/C9H17N5O3S2/c1-3-4-10-5-6-11-19(16,17)9-14-13-8(18-9)12-7(2)15/h10-11H,3-6H2,1-2H3,(H,12,13,15). The number of anilines is 1. The molecule has 0 fully saturated rings. The summed E-state index contributed by atoms with van der Waals surface area (Å²) in [6.45, 7) is 5.00. The van der Waals surface area contributed by atoms with E-state index in [9.17, 15) is 13.2 Å². The molecule has 1 aromatic rings. The predicted molar refractivity (Wildman–Crippen MR) is 72.6 cm³/mol. The molecule has 108 valence electrons. The van der Waals surface area contributed by atoms with E-state index in [0.29, 0.717) is 6.54 Å². The number of nitrogens with zero attached hydrogens (tertiary/aromatic N) is 2. The van der Waals surface area contributed by atoms with Crippen molar-refractivity contribution in [2.75, 3.05) is 25.0 Å². The number of rotatable bonds is 8. The highest BCUT2D eigenvalue weighted by atomic mass is 32.2. The summed E-state index contributed by atoms with van der Waals surface area (Å²) in [7, 11) is -3.66. The third-order valence-electron chi connectivity index (χ3n) is 1.94.